The molecule has 5 nitrogen and oxygen atoms in total. The van der Waals surface area contributed by atoms with Crippen LogP contribution in [-0.4, -0.2) is 16.7 Å². The van der Waals surface area contributed by atoms with Crippen molar-refractivity contribution in [2.45, 2.75) is 13.5 Å². The topological polar surface area (TPSA) is 67.9 Å². The van der Waals surface area contributed by atoms with Crippen molar-refractivity contribution < 1.29 is 4.74 Å². The minimum atomic E-state index is -0.128. The molecule has 5 heteroatoms. The number of nitrogens with zero attached hydrogens (tertiary/aromatic N) is 3. The lowest BCUT2D eigenvalue weighted by molar-refractivity contribution is 0.408. The van der Waals surface area contributed by atoms with E-state index in [1.165, 1.54) is 17.0 Å². The van der Waals surface area contributed by atoms with Gasteiger partial charge in [0.1, 0.15) is 5.75 Å². The van der Waals surface area contributed by atoms with Crippen molar-refractivity contribution in [3.05, 3.63) is 57.8 Å². The van der Waals surface area contributed by atoms with Crippen molar-refractivity contribution in [1.82, 2.24) is 9.55 Å². The van der Waals surface area contributed by atoms with Crippen molar-refractivity contribution in [2.75, 3.05) is 7.11 Å². The number of methoxy groups -OCH3 is 1. The van der Waals surface area contributed by atoms with Gasteiger partial charge in [0.15, 0.2) is 0 Å². The Morgan fingerprint density at radius 1 is 1.42 bits per heavy atom. The Balaban J connectivity index is 2.42. The van der Waals surface area contributed by atoms with Gasteiger partial charge in [-0.3, -0.25) is 9.36 Å². The van der Waals surface area contributed by atoms with Crippen LogP contribution in [0.15, 0.2) is 35.4 Å². The normalized spacial score (nSPS) is 9.95. The predicted molar refractivity (Wildman–Crippen MR) is 70.0 cm³/mol. The molecule has 0 aliphatic heterocycles. The first-order valence-electron chi connectivity index (χ1n) is 5.74. The second-order valence-corrected chi connectivity index (χ2v) is 4.13. The number of aromatic nitrogens is 2. The van der Waals surface area contributed by atoms with Crippen molar-refractivity contribution in [2.24, 2.45) is 0 Å². The number of aryl methyl sites for hydroxylation is 1. The van der Waals surface area contributed by atoms with Crippen molar-refractivity contribution in [3.63, 3.8) is 0 Å². The van der Waals surface area contributed by atoms with Crippen molar-refractivity contribution >= 4 is 0 Å². The minimum absolute atomic E-state index is 0.128. The van der Waals surface area contributed by atoms with Gasteiger partial charge in [-0.25, -0.2) is 4.98 Å². The molecule has 1 aromatic carbocycles. The Kier molecular flexibility index (Phi) is 3.62. The largest absolute Gasteiger partial charge is 0.496 e. The van der Waals surface area contributed by atoms with Crippen LogP contribution in [0, 0.1) is 18.3 Å². The van der Waals surface area contributed by atoms with Crippen molar-refractivity contribution in [3.8, 4) is 11.8 Å². The van der Waals surface area contributed by atoms with Gasteiger partial charge in [-0.05, 0) is 25.1 Å². The lowest BCUT2D eigenvalue weighted by Gasteiger charge is -2.10. The van der Waals surface area contributed by atoms with E-state index in [-0.39, 0.29) is 5.56 Å². The molecule has 2 aromatic rings. The molecule has 1 aromatic heterocycles. The second kappa shape index (κ2) is 5.36. The number of hydrogen-bond donors (Lipinski definition) is 0. The van der Waals surface area contributed by atoms with Gasteiger partial charge in [-0.1, -0.05) is 0 Å². The zero-order valence-corrected chi connectivity index (χ0v) is 10.8. The molecule has 0 aliphatic rings. The van der Waals surface area contributed by atoms with E-state index in [2.05, 4.69) is 11.1 Å². The fourth-order valence-electron chi connectivity index (χ4n) is 1.79. The molecule has 19 heavy (non-hydrogen) atoms. The summed E-state index contributed by atoms with van der Waals surface area (Å²) in [5, 5.41) is 8.91. The van der Waals surface area contributed by atoms with Crippen LogP contribution in [0.5, 0.6) is 5.75 Å². The zero-order chi connectivity index (χ0) is 13.8. The number of ether oxygens (including phenoxy) is 1. The predicted octanol–water partition coefficient (Wildman–Crippen LogP) is 1.48. The zero-order valence-electron chi connectivity index (χ0n) is 10.8. The first-order chi connectivity index (χ1) is 9.13. The fraction of sp³-hybridized carbons (Fsp3) is 0.214. The van der Waals surface area contributed by atoms with Crippen LogP contribution in [0.1, 0.15) is 16.8 Å². The molecule has 0 spiro atoms. The Labute approximate surface area is 110 Å². The standard InChI is InChI=1S/C14H13N3O2/c1-10-5-14(18)17(9-16-10)8-12-6-11(7-15)3-4-13(12)19-2/h3-6,9H,8H2,1-2H3. The molecule has 0 N–H and O–H groups in total. The Morgan fingerprint density at radius 2 is 2.21 bits per heavy atom. The van der Waals surface area contributed by atoms with E-state index in [1.807, 2.05) is 0 Å². The van der Waals surface area contributed by atoms with Gasteiger partial charge in [0.25, 0.3) is 5.56 Å². The summed E-state index contributed by atoms with van der Waals surface area (Å²) in [4.78, 5) is 15.9. The van der Waals surface area contributed by atoms with E-state index in [9.17, 15) is 4.79 Å². The third kappa shape index (κ3) is 2.80. The van der Waals surface area contributed by atoms with E-state index >= 15 is 0 Å². The van der Waals surface area contributed by atoms with E-state index in [4.69, 9.17) is 10.00 Å². The first kappa shape index (κ1) is 12.8. The number of benzene rings is 1. The van der Waals surface area contributed by atoms with Crippen LogP contribution in [-0.2, 0) is 6.54 Å². The van der Waals surface area contributed by atoms with Gasteiger partial charge in [0, 0.05) is 17.3 Å². The highest BCUT2D eigenvalue weighted by Crippen LogP contribution is 2.20. The molecule has 0 fully saturated rings. The minimum Gasteiger partial charge on any atom is -0.496 e. The Bertz CT molecular complexity index is 699. The maximum absolute atomic E-state index is 11.8. The average molecular weight is 255 g/mol. The fourth-order valence-corrected chi connectivity index (χ4v) is 1.79. The molecular weight excluding hydrogens is 242 g/mol. The number of rotatable bonds is 3. The van der Waals surface area contributed by atoms with E-state index in [0.717, 1.165) is 5.56 Å². The smallest absolute Gasteiger partial charge is 0.253 e. The summed E-state index contributed by atoms with van der Waals surface area (Å²) < 4.78 is 6.71. The highest BCUT2D eigenvalue weighted by molar-refractivity contribution is 5.42. The second-order valence-electron chi connectivity index (χ2n) is 4.13. The molecule has 0 unspecified atom stereocenters. The van der Waals surface area contributed by atoms with E-state index in [0.29, 0.717) is 23.6 Å². The number of nitriles is 1. The van der Waals surface area contributed by atoms with Crippen LogP contribution < -0.4 is 10.3 Å². The summed E-state index contributed by atoms with van der Waals surface area (Å²) in [5.41, 5.74) is 1.86. The molecular formula is C14H13N3O2. The Morgan fingerprint density at radius 3 is 2.84 bits per heavy atom. The maximum atomic E-state index is 11.8. The maximum Gasteiger partial charge on any atom is 0.253 e. The van der Waals surface area contributed by atoms with Gasteiger partial charge < -0.3 is 4.74 Å². The molecule has 0 radical (unpaired) electrons. The first-order valence-corrected chi connectivity index (χ1v) is 5.74. The molecule has 1 heterocycles. The van der Waals surface area contributed by atoms with Crippen LogP contribution in [0.4, 0.5) is 0 Å². The lowest BCUT2D eigenvalue weighted by Crippen LogP contribution is -2.20. The summed E-state index contributed by atoms with van der Waals surface area (Å²) in [6.45, 7) is 2.09. The summed E-state index contributed by atoms with van der Waals surface area (Å²) in [7, 11) is 1.56. The molecule has 0 aliphatic carbocycles. The average Bonchev–Trinajstić information content (AvgIpc) is 2.41. The van der Waals surface area contributed by atoms with E-state index < -0.39 is 0 Å². The molecule has 0 saturated heterocycles. The summed E-state index contributed by atoms with van der Waals surface area (Å²) in [6.07, 6.45) is 1.50. The van der Waals surface area contributed by atoms with Gasteiger partial charge in [0.2, 0.25) is 0 Å². The third-order valence-electron chi connectivity index (χ3n) is 2.77. The molecule has 0 amide bonds. The Hall–Kier alpha value is -2.61. The third-order valence-corrected chi connectivity index (χ3v) is 2.77. The van der Waals surface area contributed by atoms with E-state index in [1.54, 1.807) is 32.2 Å². The summed E-state index contributed by atoms with van der Waals surface area (Å²) >= 11 is 0. The SMILES string of the molecule is COc1ccc(C#N)cc1Cn1cnc(C)cc1=O. The highest BCUT2D eigenvalue weighted by atomic mass is 16.5. The molecule has 96 valence electrons. The van der Waals surface area contributed by atoms with Crippen LogP contribution in [0.25, 0.3) is 0 Å². The lowest BCUT2D eigenvalue weighted by atomic mass is 10.1. The van der Waals surface area contributed by atoms with Gasteiger partial charge in [-0.15, -0.1) is 0 Å². The summed E-state index contributed by atoms with van der Waals surface area (Å²) in [6, 6.07) is 8.66. The molecule has 0 saturated carbocycles. The molecule has 2 rings (SSSR count). The van der Waals surface area contributed by atoms with Crippen LogP contribution in [0.2, 0.25) is 0 Å². The van der Waals surface area contributed by atoms with Crippen LogP contribution >= 0.6 is 0 Å². The molecule has 0 atom stereocenters. The monoisotopic (exact) mass is 255 g/mol. The van der Waals surface area contributed by atoms with Crippen molar-refractivity contribution in [1.29, 1.82) is 5.26 Å². The quantitative estimate of drug-likeness (QED) is 0.833. The van der Waals surface area contributed by atoms with Crippen LogP contribution in [0.3, 0.4) is 0 Å². The molecule has 0 bridgehead atoms. The van der Waals surface area contributed by atoms with Gasteiger partial charge in [-0.2, -0.15) is 5.26 Å². The number of hydrogen-bond acceptors (Lipinski definition) is 4. The van der Waals surface area contributed by atoms with Gasteiger partial charge in [0.05, 0.1) is 31.6 Å². The van der Waals surface area contributed by atoms with Gasteiger partial charge >= 0.3 is 0 Å². The summed E-state index contributed by atoms with van der Waals surface area (Å²) in [5.74, 6) is 0.645. The highest BCUT2D eigenvalue weighted by Gasteiger charge is 2.06.